The Morgan fingerprint density at radius 2 is 2.12 bits per heavy atom. The fourth-order valence-corrected chi connectivity index (χ4v) is 1.79. The third-order valence-electron chi connectivity index (χ3n) is 2.87. The molecule has 3 N–H and O–H groups in total. The van der Waals surface area contributed by atoms with Crippen LogP contribution in [0.3, 0.4) is 0 Å². The molecule has 1 aliphatic rings. The molecule has 0 saturated carbocycles. The first-order valence-electron chi connectivity index (χ1n) is 5.78. The Kier molecular flexibility index (Phi) is 6.95. The molecule has 0 aliphatic carbocycles. The zero-order chi connectivity index (χ0) is 11.4. The molecule has 96 valence electrons. The highest BCUT2D eigenvalue weighted by atomic mass is 35.5. The van der Waals surface area contributed by atoms with Crippen molar-refractivity contribution in [1.29, 1.82) is 0 Å². The Balaban J connectivity index is 0.00000225. The Labute approximate surface area is 104 Å². The van der Waals surface area contributed by atoms with Crippen LogP contribution in [-0.2, 0) is 4.79 Å². The highest BCUT2D eigenvalue weighted by Crippen LogP contribution is 2.10. The monoisotopic (exact) mass is 249 g/mol. The third-order valence-corrected chi connectivity index (χ3v) is 2.87. The molecule has 0 aromatic carbocycles. The van der Waals surface area contributed by atoms with Crippen LogP contribution >= 0.6 is 12.4 Å². The van der Waals surface area contributed by atoms with Gasteiger partial charge in [-0.05, 0) is 19.3 Å². The summed E-state index contributed by atoms with van der Waals surface area (Å²) in [6.45, 7) is 8.68. The lowest BCUT2D eigenvalue weighted by molar-refractivity contribution is -0.125. The van der Waals surface area contributed by atoms with Crippen LogP contribution < -0.4 is 11.1 Å². The lowest BCUT2D eigenvalue weighted by Gasteiger charge is -2.23. The molecule has 0 bridgehead atoms. The average Bonchev–Trinajstić information content (AvgIpc) is 2.60. The van der Waals surface area contributed by atoms with Gasteiger partial charge < -0.3 is 11.1 Å². The van der Waals surface area contributed by atoms with E-state index in [0.717, 1.165) is 26.1 Å². The highest BCUT2D eigenvalue weighted by Gasteiger charge is 2.27. The van der Waals surface area contributed by atoms with Gasteiger partial charge in [0.15, 0.2) is 0 Å². The number of likely N-dealkylation sites (tertiary alicyclic amines) is 1. The largest absolute Gasteiger partial charge is 0.354 e. The van der Waals surface area contributed by atoms with Crippen molar-refractivity contribution in [3.8, 4) is 0 Å². The molecule has 1 rings (SSSR count). The van der Waals surface area contributed by atoms with Gasteiger partial charge in [-0.25, -0.2) is 0 Å². The van der Waals surface area contributed by atoms with Crippen LogP contribution in [-0.4, -0.2) is 42.5 Å². The zero-order valence-electron chi connectivity index (χ0n) is 10.4. The van der Waals surface area contributed by atoms with E-state index in [-0.39, 0.29) is 30.4 Å². The zero-order valence-corrected chi connectivity index (χ0v) is 11.2. The van der Waals surface area contributed by atoms with Crippen molar-refractivity contribution in [1.82, 2.24) is 10.2 Å². The van der Waals surface area contributed by atoms with Gasteiger partial charge in [-0.1, -0.05) is 13.8 Å². The van der Waals surface area contributed by atoms with E-state index in [2.05, 4.69) is 24.1 Å². The minimum atomic E-state index is -0.0442. The maximum atomic E-state index is 11.7. The molecule has 1 heterocycles. The molecule has 2 atom stereocenters. The fraction of sp³-hybridized carbons (Fsp3) is 0.909. The van der Waals surface area contributed by atoms with E-state index in [1.165, 1.54) is 0 Å². The standard InChI is InChI=1S/C11H23N3O.ClH/c1-8(2)6-13-11(15)9(3)14-5-4-10(12)7-14;/h8-10H,4-7,12H2,1-3H3,(H,13,15);1H/t9?,10-;/m1./s1. The maximum Gasteiger partial charge on any atom is 0.237 e. The van der Waals surface area contributed by atoms with E-state index >= 15 is 0 Å². The smallest absolute Gasteiger partial charge is 0.237 e. The van der Waals surface area contributed by atoms with Gasteiger partial charge in [0.05, 0.1) is 6.04 Å². The van der Waals surface area contributed by atoms with Crippen LogP contribution in [0.15, 0.2) is 0 Å². The highest BCUT2D eigenvalue weighted by molar-refractivity contribution is 5.85. The van der Waals surface area contributed by atoms with Gasteiger partial charge in [0.1, 0.15) is 0 Å². The second-order valence-corrected chi connectivity index (χ2v) is 4.86. The number of hydrogen-bond donors (Lipinski definition) is 2. The summed E-state index contributed by atoms with van der Waals surface area (Å²) in [6.07, 6.45) is 1.00. The number of carbonyl (C=O) groups excluding carboxylic acids is 1. The number of halogens is 1. The van der Waals surface area contributed by atoms with E-state index in [1.54, 1.807) is 0 Å². The molecule has 0 spiro atoms. The van der Waals surface area contributed by atoms with Crippen LogP contribution in [0, 0.1) is 5.92 Å². The molecule has 0 aromatic rings. The van der Waals surface area contributed by atoms with E-state index < -0.39 is 0 Å². The lowest BCUT2D eigenvalue weighted by atomic mass is 10.2. The van der Waals surface area contributed by atoms with Crippen LogP contribution in [0.5, 0.6) is 0 Å². The SMILES string of the molecule is CC(C)CNC(=O)C(C)N1CC[C@@H](N)C1.Cl. The quantitative estimate of drug-likeness (QED) is 0.767. The predicted octanol–water partition coefficient (Wildman–Crippen LogP) is 0.602. The molecule has 5 heteroatoms. The number of hydrogen-bond acceptors (Lipinski definition) is 3. The first-order chi connectivity index (χ1) is 7.00. The lowest BCUT2D eigenvalue weighted by Crippen LogP contribution is -2.45. The summed E-state index contributed by atoms with van der Waals surface area (Å²) in [5.74, 6) is 0.625. The summed E-state index contributed by atoms with van der Waals surface area (Å²) in [6, 6.07) is 0.197. The minimum Gasteiger partial charge on any atom is -0.354 e. The van der Waals surface area contributed by atoms with Gasteiger partial charge in [0, 0.05) is 25.7 Å². The van der Waals surface area contributed by atoms with Gasteiger partial charge in [0.2, 0.25) is 5.91 Å². The van der Waals surface area contributed by atoms with Crippen molar-refractivity contribution >= 4 is 18.3 Å². The summed E-state index contributed by atoms with van der Waals surface area (Å²) in [7, 11) is 0. The number of rotatable bonds is 4. The Morgan fingerprint density at radius 1 is 1.50 bits per heavy atom. The van der Waals surface area contributed by atoms with E-state index in [0.29, 0.717) is 5.92 Å². The minimum absolute atomic E-state index is 0. The fourth-order valence-electron chi connectivity index (χ4n) is 1.79. The number of nitrogens with two attached hydrogens (primary N) is 1. The molecule has 4 nitrogen and oxygen atoms in total. The summed E-state index contributed by atoms with van der Waals surface area (Å²) in [5, 5.41) is 2.95. The maximum absolute atomic E-state index is 11.7. The van der Waals surface area contributed by atoms with E-state index in [1.807, 2.05) is 6.92 Å². The molecule has 1 unspecified atom stereocenters. The Bertz CT molecular complexity index is 223. The molecule has 1 amide bonds. The van der Waals surface area contributed by atoms with Crippen molar-refractivity contribution < 1.29 is 4.79 Å². The van der Waals surface area contributed by atoms with Gasteiger partial charge >= 0.3 is 0 Å². The van der Waals surface area contributed by atoms with Crippen molar-refractivity contribution in [3.63, 3.8) is 0 Å². The molecule has 0 radical (unpaired) electrons. The van der Waals surface area contributed by atoms with Gasteiger partial charge in [-0.3, -0.25) is 9.69 Å². The number of carbonyl (C=O) groups is 1. The van der Waals surface area contributed by atoms with Gasteiger partial charge in [-0.15, -0.1) is 12.4 Å². The average molecular weight is 250 g/mol. The summed E-state index contributed by atoms with van der Waals surface area (Å²) in [4.78, 5) is 13.9. The van der Waals surface area contributed by atoms with Gasteiger partial charge in [-0.2, -0.15) is 0 Å². The molecule has 1 fully saturated rings. The molecule has 1 saturated heterocycles. The van der Waals surface area contributed by atoms with Crippen LogP contribution in [0.1, 0.15) is 27.2 Å². The third kappa shape index (κ3) is 4.68. The second kappa shape index (κ2) is 7.09. The van der Waals surface area contributed by atoms with Gasteiger partial charge in [0.25, 0.3) is 0 Å². The van der Waals surface area contributed by atoms with E-state index in [9.17, 15) is 4.79 Å². The molecule has 1 aliphatic heterocycles. The predicted molar refractivity (Wildman–Crippen MR) is 68.7 cm³/mol. The summed E-state index contributed by atoms with van der Waals surface area (Å²) < 4.78 is 0. The van der Waals surface area contributed by atoms with Crippen LogP contribution in [0.4, 0.5) is 0 Å². The normalized spacial score (nSPS) is 22.9. The van der Waals surface area contributed by atoms with Crippen LogP contribution in [0.2, 0.25) is 0 Å². The number of nitrogens with zero attached hydrogens (tertiary/aromatic N) is 1. The Hall–Kier alpha value is -0.320. The first-order valence-corrected chi connectivity index (χ1v) is 5.78. The number of amides is 1. The van der Waals surface area contributed by atoms with Crippen LogP contribution in [0.25, 0.3) is 0 Å². The summed E-state index contributed by atoms with van der Waals surface area (Å²) in [5.41, 5.74) is 5.81. The Morgan fingerprint density at radius 3 is 2.56 bits per heavy atom. The van der Waals surface area contributed by atoms with Crippen molar-refractivity contribution in [2.24, 2.45) is 11.7 Å². The van der Waals surface area contributed by atoms with Crippen molar-refractivity contribution in [3.05, 3.63) is 0 Å². The topological polar surface area (TPSA) is 58.4 Å². The van der Waals surface area contributed by atoms with Crippen molar-refractivity contribution in [2.75, 3.05) is 19.6 Å². The van der Waals surface area contributed by atoms with E-state index in [4.69, 9.17) is 5.73 Å². The molecule has 16 heavy (non-hydrogen) atoms. The summed E-state index contributed by atoms with van der Waals surface area (Å²) >= 11 is 0. The molecular weight excluding hydrogens is 226 g/mol. The van der Waals surface area contributed by atoms with Crippen molar-refractivity contribution in [2.45, 2.75) is 39.3 Å². The molecule has 0 aromatic heterocycles. The molecular formula is C11H24ClN3O. The first kappa shape index (κ1) is 15.7. The number of nitrogens with one attached hydrogen (secondary N) is 1. The second-order valence-electron chi connectivity index (χ2n) is 4.86.